The van der Waals surface area contributed by atoms with Gasteiger partial charge in [0.25, 0.3) is 0 Å². The number of nitrogens with one attached hydrogen (secondary N) is 4. The average Bonchev–Trinajstić information content (AvgIpc) is 3.80. The lowest BCUT2D eigenvalue weighted by atomic mass is 10.00. The summed E-state index contributed by atoms with van der Waals surface area (Å²) in [4.78, 5) is 10.2. The molecular formula is C37H40FN7. The third kappa shape index (κ3) is 6.48. The highest BCUT2D eigenvalue weighted by atomic mass is 19.1. The summed E-state index contributed by atoms with van der Waals surface area (Å²) in [5.41, 5.74) is 9.64. The molecule has 6 aromatic rings. The fourth-order valence-corrected chi connectivity index (χ4v) is 6.58. The molecule has 3 aromatic heterocycles. The number of pyridine rings is 1. The standard InChI is InChI=1S/C37H40FN7/c1-45(2)13-12-41-30-16-27(15-29(38)18-30)31-8-5-9-34-32(31)19-36(42-34)37-33-17-26(10-11-35(33)43-44-37)28-14-25(22-40-23-28)21-39-20-24-6-3-4-7-24/h5,8-11,14-19,22-24,39,41-42H,3-4,6-7,12-13,20-21H2,1-2H3,(H,43,44). The van der Waals surface area contributed by atoms with Crippen LogP contribution < -0.4 is 10.6 Å². The summed E-state index contributed by atoms with van der Waals surface area (Å²) in [5.74, 6) is 0.548. The van der Waals surface area contributed by atoms with Crippen molar-refractivity contribution in [1.29, 1.82) is 0 Å². The summed E-state index contributed by atoms with van der Waals surface area (Å²) in [5, 5.41) is 17.0. The maximum atomic E-state index is 14.7. The molecule has 0 saturated heterocycles. The Labute approximate surface area is 263 Å². The Hall–Kier alpha value is -4.53. The number of aromatic amines is 2. The van der Waals surface area contributed by atoms with Gasteiger partial charge < -0.3 is 20.5 Å². The fraction of sp³-hybridized carbons (Fsp3) is 0.297. The van der Waals surface area contributed by atoms with E-state index in [-0.39, 0.29) is 5.82 Å². The van der Waals surface area contributed by atoms with E-state index >= 15 is 0 Å². The summed E-state index contributed by atoms with van der Waals surface area (Å²) in [6.07, 6.45) is 9.30. The molecule has 7 nitrogen and oxygen atoms in total. The van der Waals surface area contributed by atoms with Crippen molar-refractivity contribution in [2.75, 3.05) is 39.0 Å². The summed E-state index contributed by atoms with van der Waals surface area (Å²) >= 11 is 0. The molecule has 0 bridgehead atoms. The van der Waals surface area contributed by atoms with Crippen molar-refractivity contribution < 1.29 is 4.39 Å². The van der Waals surface area contributed by atoms with Gasteiger partial charge in [0, 0.05) is 59.6 Å². The van der Waals surface area contributed by atoms with E-state index in [4.69, 9.17) is 5.10 Å². The number of likely N-dealkylation sites (N-methyl/N-ethyl adjacent to an activating group) is 1. The molecule has 1 aliphatic rings. The van der Waals surface area contributed by atoms with Crippen LogP contribution in [0.4, 0.5) is 10.1 Å². The second kappa shape index (κ2) is 12.8. The van der Waals surface area contributed by atoms with E-state index < -0.39 is 0 Å². The van der Waals surface area contributed by atoms with Crippen molar-refractivity contribution in [3.63, 3.8) is 0 Å². The zero-order chi connectivity index (χ0) is 30.8. The van der Waals surface area contributed by atoms with Gasteiger partial charge in [0.05, 0.1) is 11.2 Å². The van der Waals surface area contributed by atoms with Crippen molar-refractivity contribution in [3.05, 3.63) is 90.5 Å². The van der Waals surface area contributed by atoms with Gasteiger partial charge >= 0.3 is 0 Å². The highest BCUT2D eigenvalue weighted by Gasteiger charge is 2.16. The van der Waals surface area contributed by atoms with E-state index in [1.807, 2.05) is 44.7 Å². The number of halogens is 1. The van der Waals surface area contributed by atoms with Crippen molar-refractivity contribution in [3.8, 4) is 33.6 Å². The zero-order valence-electron chi connectivity index (χ0n) is 26.0. The predicted molar refractivity (Wildman–Crippen MR) is 183 cm³/mol. The first kappa shape index (κ1) is 29.2. The largest absolute Gasteiger partial charge is 0.384 e. The van der Waals surface area contributed by atoms with Crippen LogP contribution in [0.5, 0.6) is 0 Å². The topological polar surface area (TPSA) is 84.7 Å². The number of hydrogen-bond acceptors (Lipinski definition) is 5. The van der Waals surface area contributed by atoms with Crippen molar-refractivity contribution in [1.82, 2.24) is 30.4 Å². The number of hydrogen-bond donors (Lipinski definition) is 4. The molecule has 4 N–H and O–H groups in total. The van der Waals surface area contributed by atoms with Gasteiger partial charge in [-0.05, 0) is 110 Å². The number of aromatic nitrogens is 4. The minimum atomic E-state index is -0.262. The second-order valence-electron chi connectivity index (χ2n) is 12.6. The van der Waals surface area contributed by atoms with Gasteiger partial charge in [0.2, 0.25) is 0 Å². The lowest BCUT2D eigenvalue weighted by molar-refractivity contribution is 0.425. The Morgan fingerprint density at radius 3 is 2.64 bits per heavy atom. The minimum Gasteiger partial charge on any atom is -0.384 e. The molecule has 0 aliphatic heterocycles. The molecule has 45 heavy (non-hydrogen) atoms. The quantitative estimate of drug-likeness (QED) is 0.122. The summed E-state index contributed by atoms with van der Waals surface area (Å²) < 4.78 is 14.7. The third-order valence-electron chi connectivity index (χ3n) is 8.94. The molecule has 230 valence electrons. The predicted octanol–water partition coefficient (Wildman–Crippen LogP) is 7.83. The first-order chi connectivity index (χ1) is 22.0. The Kier molecular flexibility index (Phi) is 8.33. The molecule has 1 fully saturated rings. The number of fused-ring (bicyclic) bond motifs is 2. The van der Waals surface area contributed by atoms with Gasteiger partial charge in [0.1, 0.15) is 11.5 Å². The van der Waals surface area contributed by atoms with Crippen LogP contribution >= 0.6 is 0 Å². The molecular weight excluding hydrogens is 561 g/mol. The van der Waals surface area contributed by atoms with Crippen LogP contribution in [0.15, 0.2) is 79.1 Å². The molecule has 0 unspecified atom stereocenters. The Balaban J connectivity index is 1.17. The fourth-order valence-electron chi connectivity index (χ4n) is 6.58. The molecule has 0 atom stereocenters. The highest BCUT2D eigenvalue weighted by Crippen LogP contribution is 2.36. The first-order valence-electron chi connectivity index (χ1n) is 15.9. The lowest BCUT2D eigenvalue weighted by Gasteiger charge is -2.13. The average molecular weight is 602 g/mol. The third-order valence-corrected chi connectivity index (χ3v) is 8.94. The van der Waals surface area contributed by atoms with E-state index in [0.29, 0.717) is 0 Å². The molecule has 0 spiro atoms. The van der Waals surface area contributed by atoms with E-state index in [2.05, 4.69) is 67.0 Å². The molecule has 0 amide bonds. The van der Waals surface area contributed by atoms with Crippen LogP contribution in [-0.4, -0.2) is 58.8 Å². The van der Waals surface area contributed by atoms with E-state index in [9.17, 15) is 4.39 Å². The van der Waals surface area contributed by atoms with Crippen LogP contribution in [0, 0.1) is 11.7 Å². The van der Waals surface area contributed by atoms with Gasteiger partial charge in [-0.2, -0.15) is 5.10 Å². The Morgan fingerprint density at radius 2 is 1.78 bits per heavy atom. The van der Waals surface area contributed by atoms with Crippen LogP contribution in [0.25, 0.3) is 55.4 Å². The highest BCUT2D eigenvalue weighted by molar-refractivity contribution is 6.02. The first-order valence-corrected chi connectivity index (χ1v) is 15.9. The molecule has 3 aromatic carbocycles. The second-order valence-corrected chi connectivity index (χ2v) is 12.6. The molecule has 7 rings (SSSR count). The number of benzene rings is 3. The number of H-pyrrole nitrogens is 2. The van der Waals surface area contributed by atoms with Gasteiger partial charge in [-0.25, -0.2) is 4.39 Å². The van der Waals surface area contributed by atoms with Crippen LogP contribution in [0.1, 0.15) is 31.2 Å². The SMILES string of the molecule is CN(C)CCNc1cc(F)cc(-c2cccc3[nH]c(-c4n[nH]c5ccc(-c6cncc(CNCC7CCCC7)c6)cc45)cc23)c1. The molecule has 1 saturated carbocycles. The Morgan fingerprint density at radius 1 is 0.889 bits per heavy atom. The van der Waals surface area contributed by atoms with Crippen LogP contribution in [-0.2, 0) is 6.54 Å². The maximum absolute atomic E-state index is 14.7. The van der Waals surface area contributed by atoms with Crippen molar-refractivity contribution in [2.24, 2.45) is 5.92 Å². The van der Waals surface area contributed by atoms with Gasteiger partial charge in [-0.15, -0.1) is 0 Å². The number of anilines is 1. The van der Waals surface area contributed by atoms with Crippen LogP contribution in [0.2, 0.25) is 0 Å². The molecule has 1 aliphatic carbocycles. The normalized spacial score (nSPS) is 13.9. The summed E-state index contributed by atoms with van der Waals surface area (Å²) in [6.45, 7) is 3.50. The number of rotatable bonds is 11. The molecule has 8 heteroatoms. The smallest absolute Gasteiger partial charge is 0.125 e. The van der Waals surface area contributed by atoms with Gasteiger partial charge in [-0.3, -0.25) is 10.1 Å². The summed E-state index contributed by atoms with van der Waals surface area (Å²) in [6, 6.07) is 22.0. The molecule has 0 radical (unpaired) electrons. The van der Waals surface area contributed by atoms with Gasteiger partial charge in [0.15, 0.2) is 0 Å². The zero-order valence-corrected chi connectivity index (χ0v) is 26.0. The monoisotopic (exact) mass is 601 g/mol. The Bertz CT molecular complexity index is 1930. The lowest BCUT2D eigenvalue weighted by Crippen LogP contribution is -2.20. The van der Waals surface area contributed by atoms with E-state index in [1.54, 1.807) is 12.1 Å². The van der Waals surface area contributed by atoms with Crippen molar-refractivity contribution in [2.45, 2.75) is 32.2 Å². The maximum Gasteiger partial charge on any atom is 0.125 e. The van der Waals surface area contributed by atoms with Crippen LogP contribution in [0.3, 0.4) is 0 Å². The minimum absolute atomic E-state index is 0.262. The van der Waals surface area contributed by atoms with E-state index in [0.717, 1.165) is 93.2 Å². The van der Waals surface area contributed by atoms with E-state index in [1.165, 1.54) is 31.2 Å². The van der Waals surface area contributed by atoms with Crippen molar-refractivity contribution >= 4 is 27.5 Å². The summed E-state index contributed by atoms with van der Waals surface area (Å²) in [7, 11) is 4.05. The molecule has 3 heterocycles. The number of nitrogens with zero attached hydrogens (tertiary/aromatic N) is 3. The van der Waals surface area contributed by atoms with Gasteiger partial charge in [-0.1, -0.05) is 31.0 Å².